The van der Waals surface area contributed by atoms with E-state index in [1.807, 2.05) is 30.3 Å². The number of anilines is 1. The van der Waals surface area contributed by atoms with E-state index in [0.717, 1.165) is 18.4 Å². The normalized spacial score (nSPS) is 11.1. The first-order valence-corrected chi connectivity index (χ1v) is 9.57. The van der Waals surface area contributed by atoms with Crippen LogP contribution in [0.5, 0.6) is 0 Å². The first kappa shape index (κ1) is 20.4. The lowest BCUT2D eigenvalue weighted by Crippen LogP contribution is -2.25. The quantitative estimate of drug-likeness (QED) is 0.581. The van der Waals surface area contributed by atoms with Crippen LogP contribution in [0.1, 0.15) is 52.8 Å². The van der Waals surface area contributed by atoms with E-state index in [2.05, 4.69) is 17.4 Å². The number of rotatable bonds is 6. The van der Waals surface area contributed by atoms with Crippen LogP contribution in [-0.4, -0.2) is 17.5 Å². The summed E-state index contributed by atoms with van der Waals surface area (Å²) in [6.07, 6.45) is 3.07. The lowest BCUT2D eigenvalue weighted by atomic mass is 10.0. The highest BCUT2D eigenvalue weighted by atomic mass is 16.6. The minimum absolute atomic E-state index is 0.176. The second-order valence-corrected chi connectivity index (χ2v) is 7.80. The monoisotopic (exact) mass is 391 g/mol. The molecule has 5 heteroatoms. The van der Waals surface area contributed by atoms with Crippen molar-refractivity contribution in [2.24, 2.45) is 0 Å². The van der Waals surface area contributed by atoms with Crippen LogP contribution in [0.25, 0.3) is 0 Å². The first-order valence-electron chi connectivity index (χ1n) is 9.57. The Morgan fingerprint density at radius 3 is 2.31 bits per heavy atom. The van der Waals surface area contributed by atoms with Crippen molar-refractivity contribution in [3.05, 3.63) is 89.4 Å². The van der Waals surface area contributed by atoms with Crippen molar-refractivity contribution in [2.75, 3.05) is 5.32 Å². The van der Waals surface area contributed by atoms with Gasteiger partial charge in [-0.1, -0.05) is 36.4 Å². The molecule has 0 atom stereocenters. The lowest BCUT2D eigenvalue weighted by Gasteiger charge is -2.21. The summed E-state index contributed by atoms with van der Waals surface area (Å²) in [5.41, 5.74) is 2.32. The predicted molar refractivity (Wildman–Crippen MR) is 112 cm³/mol. The van der Waals surface area contributed by atoms with Crippen molar-refractivity contribution >= 4 is 17.6 Å². The van der Waals surface area contributed by atoms with Gasteiger partial charge in [-0.3, -0.25) is 4.79 Å². The molecule has 0 saturated heterocycles. The van der Waals surface area contributed by atoms with Gasteiger partial charge in [0.1, 0.15) is 5.60 Å². The fourth-order valence-corrected chi connectivity index (χ4v) is 2.89. The van der Waals surface area contributed by atoms with E-state index < -0.39 is 17.5 Å². The van der Waals surface area contributed by atoms with Gasteiger partial charge in [-0.25, -0.2) is 4.79 Å². The average molecular weight is 391 g/mol. The Hall–Kier alpha value is -3.34. The fourth-order valence-electron chi connectivity index (χ4n) is 2.89. The molecule has 0 bridgehead atoms. The van der Waals surface area contributed by atoms with Crippen LogP contribution in [0.4, 0.5) is 5.69 Å². The Morgan fingerprint density at radius 1 is 0.931 bits per heavy atom. The molecule has 1 heterocycles. The SMILES string of the molecule is CC(C)(C)OC(=O)c1ccc(CCc2ccccc2)cc1NC(=O)c1ccco1. The van der Waals surface area contributed by atoms with Crippen LogP contribution < -0.4 is 5.32 Å². The molecule has 3 aromatic rings. The highest BCUT2D eigenvalue weighted by molar-refractivity contribution is 6.06. The minimum Gasteiger partial charge on any atom is -0.459 e. The van der Waals surface area contributed by atoms with Gasteiger partial charge in [0.05, 0.1) is 17.5 Å². The molecular weight excluding hydrogens is 366 g/mol. The Morgan fingerprint density at radius 2 is 1.66 bits per heavy atom. The Bertz CT molecular complexity index is 970. The zero-order valence-corrected chi connectivity index (χ0v) is 16.9. The number of carbonyl (C=O) groups excluding carboxylic acids is 2. The van der Waals surface area contributed by atoms with Crippen LogP contribution in [0.2, 0.25) is 0 Å². The smallest absolute Gasteiger partial charge is 0.340 e. The molecule has 0 spiro atoms. The largest absolute Gasteiger partial charge is 0.459 e. The zero-order chi connectivity index (χ0) is 20.9. The van der Waals surface area contributed by atoms with Crippen LogP contribution in [0.15, 0.2) is 71.3 Å². The molecule has 0 saturated carbocycles. The molecule has 3 rings (SSSR count). The summed E-state index contributed by atoms with van der Waals surface area (Å²) < 4.78 is 10.6. The number of nitrogens with one attached hydrogen (secondary N) is 1. The third-order valence-corrected chi connectivity index (χ3v) is 4.24. The molecule has 1 aromatic heterocycles. The second kappa shape index (κ2) is 8.78. The summed E-state index contributed by atoms with van der Waals surface area (Å²) in [6.45, 7) is 5.42. The van der Waals surface area contributed by atoms with E-state index in [1.165, 1.54) is 11.8 Å². The van der Waals surface area contributed by atoms with Gasteiger partial charge in [-0.05, 0) is 69.0 Å². The van der Waals surface area contributed by atoms with Crippen LogP contribution >= 0.6 is 0 Å². The maximum atomic E-state index is 12.6. The van der Waals surface area contributed by atoms with E-state index in [4.69, 9.17) is 9.15 Å². The van der Waals surface area contributed by atoms with Crippen LogP contribution in [-0.2, 0) is 17.6 Å². The minimum atomic E-state index is -0.634. The highest BCUT2D eigenvalue weighted by Gasteiger charge is 2.22. The molecular formula is C24H25NO4. The second-order valence-electron chi connectivity index (χ2n) is 7.80. The van der Waals surface area contributed by atoms with Gasteiger partial charge < -0.3 is 14.5 Å². The Balaban J connectivity index is 1.84. The standard InChI is InChI=1S/C24H25NO4/c1-24(2,3)29-23(27)19-14-13-18(12-11-17-8-5-4-6-9-17)16-20(19)25-22(26)21-10-7-15-28-21/h4-10,13-16H,11-12H2,1-3H3,(H,25,26). The van der Waals surface area contributed by atoms with Crippen molar-refractivity contribution in [1.29, 1.82) is 0 Å². The Kier molecular flexibility index (Phi) is 6.17. The van der Waals surface area contributed by atoms with Gasteiger partial charge in [0.15, 0.2) is 5.76 Å². The van der Waals surface area contributed by atoms with Gasteiger partial charge in [0.25, 0.3) is 5.91 Å². The average Bonchev–Trinajstić information content (AvgIpc) is 3.21. The summed E-state index contributed by atoms with van der Waals surface area (Å²) in [5.74, 6) is -0.725. The summed E-state index contributed by atoms with van der Waals surface area (Å²) in [5, 5.41) is 2.78. The van der Waals surface area contributed by atoms with Crippen molar-refractivity contribution in [2.45, 2.75) is 39.2 Å². The van der Waals surface area contributed by atoms with Gasteiger partial charge in [-0.15, -0.1) is 0 Å². The van der Waals surface area contributed by atoms with E-state index in [1.54, 1.807) is 39.0 Å². The van der Waals surface area contributed by atoms with E-state index >= 15 is 0 Å². The van der Waals surface area contributed by atoms with Gasteiger partial charge >= 0.3 is 5.97 Å². The zero-order valence-electron chi connectivity index (χ0n) is 16.9. The third-order valence-electron chi connectivity index (χ3n) is 4.24. The molecule has 0 aliphatic carbocycles. The van der Waals surface area contributed by atoms with E-state index in [0.29, 0.717) is 11.3 Å². The van der Waals surface area contributed by atoms with Crippen LogP contribution in [0, 0.1) is 0 Å². The van der Waals surface area contributed by atoms with Crippen molar-refractivity contribution in [1.82, 2.24) is 0 Å². The lowest BCUT2D eigenvalue weighted by molar-refractivity contribution is 0.00707. The molecule has 29 heavy (non-hydrogen) atoms. The molecule has 150 valence electrons. The van der Waals surface area contributed by atoms with Crippen molar-refractivity contribution in [3.63, 3.8) is 0 Å². The number of carbonyl (C=O) groups is 2. The number of esters is 1. The first-order chi connectivity index (χ1) is 13.8. The van der Waals surface area contributed by atoms with E-state index in [-0.39, 0.29) is 5.76 Å². The van der Waals surface area contributed by atoms with Gasteiger partial charge in [0, 0.05) is 0 Å². The predicted octanol–water partition coefficient (Wildman–Crippen LogP) is 5.27. The number of hydrogen-bond acceptors (Lipinski definition) is 4. The molecule has 1 N–H and O–H groups in total. The third kappa shape index (κ3) is 5.82. The van der Waals surface area contributed by atoms with Crippen molar-refractivity contribution < 1.29 is 18.7 Å². The number of benzene rings is 2. The Labute approximate surface area is 170 Å². The fraction of sp³-hybridized carbons (Fsp3) is 0.250. The maximum Gasteiger partial charge on any atom is 0.340 e. The van der Waals surface area contributed by atoms with Gasteiger partial charge in [-0.2, -0.15) is 0 Å². The number of aryl methyl sites for hydroxylation is 2. The maximum absolute atomic E-state index is 12.6. The number of ether oxygens (including phenoxy) is 1. The molecule has 0 aliphatic heterocycles. The molecule has 0 fully saturated rings. The van der Waals surface area contributed by atoms with Crippen LogP contribution in [0.3, 0.4) is 0 Å². The summed E-state index contributed by atoms with van der Waals surface area (Å²) in [4.78, 5) is 25.1. The number of furan rings is 1. The molecule has 1 amide bonds. The molecule has 0 aliphatic rings. The van der Waals surface area contributed by atoms with Gasteiger partial charge in [0.2, 0.25) is 0 Å². The summed E-state index contributed by atoms with van der Waals surface area (Å²) >= 11 is 0. The summed E-state index contributed by atoms with van der Waals surface area (Å²) in [6, 6.07) is 18.8. The topological polar surface area (TPSA) is 68.5 Å². The number of amides is 1. The van der Waals surface area contributed by atoms with Crippen molar-refractivity contribution in [3.8, 4) is 0 Å². The van der Waals surface area contributed by atoms with E-state index in [9.17, 15) is 9.59 Å². The number of hydrogen-bond donors (Lipinski definition) is 1. The molecule has 5 nitrogen and oxygen atoms in total. The molecule has 0 unspecified atom stereocenters. The summed E-state index contributed by atoms with van der Waals surface area (Å²) in [7, 11) is 0. The molecule has 0 radical (unpaired) electrons. The highest BCUT2D eigenvalue weighted by Crippen LogP contribution is 2.23. The molecule has 2 aromatic carbocycles.